The second-order valence-corrected chi connectivity index (χ2v) is 6.93. The topological polar surface area (TPSA) is 79.4 Å². The average molecular weight is 419 g/mol. The Morgan fingerprint density at radius 2 is 2.00 bits per heavy atom. The van der Waals surface area contributed by atoms with E-state index in [9.17, 15) is 9.18 Å². The van der Waals surface area contributed by atoms with Gasteiger partial charge in [-0.05, 0) is 48.5 Å². The van der Waals surface area contributed by atoms with Crippen LogP contribution in [0.1, 0.15) is 0 Å². The molecule has 3 aromatic rings. The fraction of sp³-hybridized carbons (Fsp3) is 0.174. The number of carbonyl (C=O) groups excluding carboxylic acids is 1. The molecule has 158 valence electrons. The minimum absolute atomic E-state index is 0.0636. The molecule has 1 amide bonds. The number of nitrogens with one attached hydrogen (secondary N) is 2. The van der Waals surface area contributed by atoms with Gasteiger partial charge in [0.2, 0.25) is 11.9 Å². The van der Waals surface area contributed by atoms with E-state index in [0.29, 0.717) is 17.2 Å². The van der Waals surface area contributed by atoms with Crippen LogP contribution in [0.15, 0.2) is 67.4 Å². The molecule has 0 radical (unpaired) electrons. The van der Waals surface area contributed by atoms with Crippen molar-refractivity contribution in [1.29, 1.82) is 0 Å². The molecule has 0 aliphatic carbocycles. The van der Waals surface area contributed by atoms with Crippen molar-refractivity contribution in [1.82, 2.24) is 9.97 Å². The summed E-state index contributed by atoms with van der Waals surface area (Å²) in [7, 11) is 0. The van der Waals surface area contributed by atoms with E-state index in [-0.39, 0.29) is 5.69 Å². The number of halogens is 1. The van der Waals surface area contributed by atoms with Gasteiger partial charge in [0.1, 0.15) is 5.82 Å². The highest BCUT2D eigenvalue weighted by Gasteiger charge is 2.12. The number of nitrogens with zero attached hydrogens (tertiary/aromatic N) is 3. The number of anilines is 4. The highest BCUT2D eigenvalue weighted by Crippen LogP contribution is 2.26. The summed E-state index contributed by atoms with van der Waals surface area (Å²) in [5.41, 5.74) is 3.27. The normalized spacial score (nSPS) is 13.5. The van der Waals surface area contributed by atoms with Gasteiger partial charge in [0.05, 0.1) is 24.6 Å². The van der Waals surface area contributed by atoms with Crippen LogP contribution >= 0.6 is 0 Å². The molecule has 2 heterocycles. The van der Waals surface area contributed by atoms with Gasteiger partial charge in [-0.2, -0.15) is 0 Å². The van der Waals surface area contributed by atoms with E-state index in [4.69, 9.17) is 4.74 Å². The van der Waals surface area contributed by atoms with E-state index in [1.54, 1.807) is 18.3 Å². The number of aromatic nitrogens is 2. The largest absolute Gasteiger partial charge is 0.378 e. The fourth-order valence-electron chi connectivity index (χ4n) is 3.27. The standard InChI is InChI=1S/C23H22FN5O2/c1-2-22(30)27-21-14-16(6-7-19(21)24)20-8-9-25-23(28-20)26-17-4-3-5-18(15-17)29-10-12-31-13-11-29/h2-9,14-15H,1,10-13H2,(H,27,30)(H,25,26,28). The first-order chi connectivity index (χ1) is 15.1. The summed E-state index contributed by atoms with van der Waals surface area (Å²) in [6.45, 7) is 6.52. The monoisotopic (exact) mass is 419 g/mol. The van der Waals surface area contributed by atoms with E-state index in [1.807, 2.05) is 18.2 Å². The first-order valence-corrected chi connectivity index (χ1v) is 9.88. The van der Waals surface area contributed by atoms with Crippen LogP contribution in [0.5, 0.6) is 0 Å². The molecule has 31 heavy (non-hydrogen) atoms. The zero-order chi connectivity index (χ0) is 21.6. The summed E-state index contributed by atoms with van der Waals surface area (Å²) in [6.07, 6.45) is 2.71. The van der Waals surface area contributed by atoms with Crippen molar-refractivity contribution in [2.45, 2.75) is 0 Å². The van der Waals surface area contributed by atoms with E-state index in [2.05, 4.69) is 38.1 Å². The molecule has 4 rings (SSSR count). The van der Waals surface area contributed by atoms with Crippen LogP contribution in [0.2, 0.25) is 0 Å². The number of carbonyl (C=O) groups is 1. The lowest BCUT2D eigenvalue weighted by atomic mass is 10.1. The van der Waals surface area contributed by atoms with Crippen molar-refractivity contribution in [3.63, 3.8) is 0 Å². The lowest BCUT2D eigenvalue weighted by molar-refractivity contribution is -0.111. The summed E-state index contributed by atoms with van der Waals surface area (Å²) < 4.78 is 19.5. The Hall–Kier alpha value is -3.78. The zero-order valence-electron chi connectivity index (χ0n) is 16.8. The summed E-state index contributed by atoms with van der Waals surface area (Å²) >= 11 is 0. The molecule has 0 saturated carbocycles. The lowest BCUT2D eigenvalue weighted by Crippen LogP contribution is -2.36. The van der Waals surface area contributed by atoms with Gasteiger partial charge in [0, 0.05) is 36.2 Å². The number of hydrogen-bond donors (Lipinski definition) is 2. The van der Waals surface area contributed by atoms with Crippen molar-refractivity contribution >= 4 is 28.9 Å². The Kier molecular flexibility index (Phi) is 6.18. The van der Waals surface area contributed by atoms with Crippen LogP contribution in [0.3, 0.4) is 0 Å². The molecular formula is C23H22FN5O2. The van der Waals surface area contributed by atoms with E-state index >= 15 is 0 Å². The van der Waals surface area contributed by atoms with E-state index in [0.717, 1.165) is 43.8 Å². The summed E-state index contributed by atoms with van der Waals surface area (Å²) in [5, 5.41) is 5.68. The number of rotatable bonds is 6. The molecule has 0 bridgehead atoms. The Morgan fingerprint density at radius 3 is 2.81 bits per heavy atom. The number of morpholine rings is 1. The molecule has 0 unspecified atom stereocenters. The maximum Gasteiger partial charge on any atom is 0.247 e. The summed E-state index contributed by atoms with van der Waals surface area (Å²) in [5.74, 6) is -0.606. The first-order valence-electron chi connectivity index (χ1n) is 9.88. The van der Waals surface area contributed by atoms with Gasteiger partial charge in [-0.15, -0.1) is 0 Å². The van der Waals surface area contributed by atoms with E-state index < -0.39 is 11.7 Å². The number of amides is 1. The zero-order valence-corrected chi connectivity index (χ0v) is 16.8. The van der Waals surface area contributed by atoms with Gasteiger partial charge < -0.3 is 20.3 Å². The molecular weight excluding hydrogens is 397 g/mol. The van der Waals surface area contributed by atoms with Crippen molar-refractivity contribution < 1.29 is 13.9 Å². The predicted octanol–water partition coefficient (Wildman–Crippen LogP) is 3.99. The molecule has 2 N–H and O–H groups in total. The van der Waals surface area contributed by atoms with Gasteiger partial charge in [0.15, 0.2) is 0 Å². The van der Waals surface area contributed by atoms with Gasteiger partial charge in [-0.3, -0.25) is 4.79 Å². The SMILES string of the molecule is C=CC(=O)Nc1cc(-c2ccnc(Nc3cccc(N4CCOCC4)c3)n2)ccc1F. The minimum Gasteiger partial charge on any atom is -0.378 e. The van der Waals surface area contributed by atoms with Crippen molar-refractivity contribution in [3.05, 3.63) is 73.2 Å². The summed E-state index contributed by atoms with van der Waals surface area (Å²) in [4.78, 5) is 22.6. The molecule has 0 spiro atoms. The van der Waals surface area contributed by atoms with Crippen LogP contribution in [0.25, 0.3) is 11.3 Å². The van der Waals surface area contributed by atoms with Crippen LogP contribution in [0, 0.1) is 5.82 Å². The Balaban J connectivity index is 1.55. The maximum atomic E-state index is 14.0. The smallest absolute Gasteiger partial charge is 0.247 e. The van der Waals surface area contributed by atoms with Crippen LogP contribution in [0.4, 0.5) is 27.4 Å². The molecule has 1 saturated heterocycles. The lowest BCUT2D eigenvalue weighted by Gasteiger charge is -2.29. The van der Waals surface area contributed by atoms with Gasteiger partial charge in [-0.1, -0.05) is 12.6 Å². The highest BCUT2D eigenvalue weighted by molar-refractivity contribution is 5.99. The molecule has 8 heteroatoms. The van der Waals surface area contributed by atoms with Crippen LogP contribution < -0.4 is 15.5 Å². The van der Waals surface area contributed by atoms with Crippen molar-refractivity contribution in [2.24, 2.45) is 0 Å². The van der Waals surface area contributed by atoms with Gasteiger partial charge in [0.25, 0.3) is 0 Å². The number of benzene rings is 2. The highest BCUT2D eigenvalue weighted by atomic mass is 19.1. The molecule has 2 aromatic carbocycles. The van der Waals surface area contributed by atoms with Gasteiger partial charge in [-0.25, -0.2) is 14.4 Å². The third-order valence-electron chi connectivity index (χ3n) is 4.84. The Morgan fingerprint density at radius 1 is 1.16 bits per heavy atom. The van der Waals surface area contributed by atoms with Gasteiger partial charge >= 0.3 is 0 Å². The molecule has 7 nitrogen and oxygen atoms in total. The Labute approximate surface area is 179 Å². The maximum absolute atomic E-state index is 14.0. The van der Waals surface area contributed by atoms with Crippen molar-refractivity contribution in [2.75, 3.05) is 41.8 Å². The molecule has 1 fully saturated rings. The third-order valence-corrected chi connectivity index (χ3v) is 4.84. The molecule has 1 aliphatic rings. The minimum atomic E-state index is -0.536. The summed E-state index contributed by atoms with van der Waals surface area (Å²) in [6, 6.07) is 14.2. The molecule has 1 aromatic heterocycles. The molecule has 1 aliphatic heterocycles. The quantitative estimate of drug-likeness (QED) is 0.589. The Bertz CT molecular complexity index is 1100. The fourth-order valence-corrected chi connectivity index (χ4v) is 3.27. The second kappa shape index (κ2) is 9.36. The van der Waals surface area contributed by atoms with E-state index in [1.165, 1.54) is 12.1 Å². The number of ether oxygens (including phenoxy) is 1. The van der Waals surface area contributed by atoms with Crippen molar-refractivity contribution in [3.8, 4) is 11.3 Å². The average Bonchev–Trinajstić information content (AvgIpc) is 2.81. The second-order valence-electron chi connectivity index (χ2n) is 6.93. The first kappa shape index (κ1) is 20.5. The van der Waals surface area contributed by atoms with Crippen LogP contribution in [-0.2, 0) is 9.53 Å². The third kappa shape index (κ3) is 5.04. The molecule has 0 atom stereocenters. The predicted molar refractivity (Wildman–Crippen MR) is 119 cm³/mol. The number of hydrogen-bond acceptors (Lipinski definition) is 6. The van der Waals surface area contributed by atoms with Crippen LogP contribution in [-0.4, -0.2) is 42.2 Å².